The molecule has 0 aromatic heterocycles. The molecule has 3 aromatic rings. The molecule has 0 spiro atoms. The Morgan fingerprint density at radius 1 is 1.00 bits per heavy atom. The number of anilines is 2. The number of nitrogens with one attached hydrogen (secondary N) is 1. The van der Waals surface area contributed by atoms with Gasteiger partial charge < -0.3 is 10.2 Å². The van der Waals surface area contributed by atoms with E-state index < -0.39 is 0 Å². The van der Waals surface area contributed by atoms with Crippen LogP contribution in [0.5, 0.6) is 0 Å². The van der Waals surface area contributed by atoms with Crippen LogP contribution in [0, 0.1) is 0 Å². The molecule has 0 aliphatic carbocycles. The fourth-order valence-corrected chi connectivity index (χ4v) is 3.73. The predicted octanol–water partition coefficient (Wildman–Crippen LogP) is 5.17. The van der Waals surface area contributed by atoms with Crippen molar-refractivity contribution in [2.75, 3.05) is 16.8 Å². The van der Waals surface area contributed by atoms with Gasteiger partial charge in [-0.05, 0) is 59.5 Å². The molecule has 4 rings (SSSR count). The summed E-state index contributed by atoms with van der Waals surface area (Å²) in [5.74, 6) is 0.0642. The average Bonchev–Trinajstić information content (AvgIpc) is 2.72. The van der Waals surface area contributed by atoms with E-state index in [1.165, 1.54) is 0 Å². The lowest BCUT2D eigenvalue weighted by Gasteiger charge is -2.29. The van der Waals surface area contributed by atoms with E-state index >= 15 is 0 Å². The van der Waals surface area contributed by atoms with Crippen LogP contribution in [-0.2, 0) is 11.2 Å². The second-order valence-corrected chi connectivity index (χ2v) is 7.26. The summed E-state index contributed by atoms with van der Waals surface area (Å²) in [6, 6.07) is 19.6. The van der Waals surface area contributed by atoms with Gasteiger partial charge in [-0.2, -0.15) is 0 Å². The second-order valence-electron chi connectivity index (χ2n) is 7.26. The topological polar surface area (TPSA) is 49.4 Å². The maximum Gasteiger partial charge on any atom is 0.255 e. The summed E-state index contributed by atoms with van der Waals surface area (Å²) in [5, 5.41) is 5.16. The first-order valence-corrected chi connectivity index (χ1v) is 9.89. The number of hydrogen-bond acceptors (Lipinski definition) is 2. The fourth-order valence-electron chi connectivity index (χ4n) is 3.73. The zero-order chi connectivity index (χ0) is 19.5. The summed E-state index contributed by atoms with van der Waals surface area (Å²) in [5.41, 5.74) is 3.50. The minimum Gasteiger partial charge on any atom is -0.322 e. The number of carbonyl (C=O) groups is 2. The molecule has 28 heavy (non-hydrogen) atoms. The standard InChI is InChI=1S/C24H24N2O2/c1-2-3-14-26-22-12-11-21(16-19(22)10-13-23(26)27)25-24(28)20-9-8-17-6-4-5-7-18(17)15-20/h4-9,11-12,15-16H,2-3,10,13-14H2,1H3,(H,25,28). The van der Waals surface area contributed by atoms with Gasteiger partial charge in [0.15, 0.2) is 0 Å². The summed E-state index contributed by atoms with van der Waals surface area (Å²) in [4.78, 5) is 26.9. The van der Waals surface area contributed by atoms with Crippen molar-refractivity contribution in [1.29, 1.82) is 0 Å². The van der Waals surface area contributed by atoms with Crippen LogP contribution in [0.2, 0.25) is 0 Å². The molecule has 1 heterocycles. The summed E-state index contributed by atoms with van der Waals surface area (Å²) >= 11 is 0. The van der Waals surface area contributed by atoms with Crippen molar-refractivity contribution in [2.24, 2.45) is 0 Å². The molecule has 1 aliphatic heterocycles. The van der Waals surface area contributed by atoms with Crippen LogP contribution in [-0.4, -0.2) is 18.4 Å². The molecular formula is C24H24N2O2. The molecule has 3 aromatic carbocycles. The summed E-state index contributed by atoms with van der Waals surface area (Å²) in [7, 11) is 0. The number of amides is 2. The molecule has 0 radical (unpaired) electrons. The quantitative estimate of drug-likeness (QED) is 0.671. The van der Waals surface area contributed by atoms with E-state index in [9.17, 15) is 9.59 Å². The molecule has 1 aliphatic rings. The molecule has 4 nitrogen and oxygen atoms in total. The van der Waals surface area contributed by atoms with E-state index in [4.69, 9.17) is 0 Å². The third kappa shape index (κ3) is 3.63. The highest BCUT2D eigenvalue weighted by atomic mass is 16.2. The highest BCUT2D eigenvalue weighted by Gasteiger charge is 2.24. The summed E-state index contributed by atoms with van der Waals surface area (Å²) in [6.45, 7) is 2.88. The lowest BCUT2D eigenvalue weighted by Crippen LogP contribution is -2.35. The van der Waals surface area contributed by atoms with E-state index in [0.29, 0.717) is 12.0 Å². The minimum absolute atomic E-state index is 0.125. The SMILES string of the molecule is CCCCN1C(=O)CCc2cc(NC(=O)c3ccc4ccccc4c3)ccc21. The van der Waals surface area contributed by atoms with Crippen LogP contribution in [0.4, 0.5) is 11.4 Å². The van der Waals surface area contributed by atoms with Gasteiger partial charge in [-0.3, -0.25) is 9.59 Å². The van der Waals surface area contributed by atoms with E-state index in [0.717, 1.165) is 53.5 Å². The highest BCUT2D eigenvalue weighted by Crippen LogP contribution is 2.31. The van der Waals surface area contributed by atoms with Crippen molar-refractivity contribution < 1.29 is 9.59 Å². The number of rotatable bonds is 5. The van der Waals surface area contributed by atoms with E-state index in [1.54, 1.807) is 0 Å². The Balaban J connectivity index is 1.55. The van der Waals surface area contributed by atoms with Crippen molar-refractivity contribution in [2.45, 2.75) is 32.6 Å². The van der Waals surface area contributed by atoms with Crippen LogP contribution in [0.15, 0.2) is 60.7 Å². The number of aryl methyl sites for hydroxylation is 1. The third-order valence-corrected chi connectivity index (χ3v) is 5.28. The molecule has 0 saturated carbocycles. The zero-order valence-corrected chi connectivity index (χ0v) is 16.1. The Kier molecular flexibility index (Phi) is 5.11. The molecule has 0 unspecified atom stereocenters. The smallest absolute Gasteiger partial charge is 0.255 e. The Bertz CT molecular complexity index is 1040. The molecule has 2 amide bonds. The maximum absolute atomic E-state index is 12.7. The van der Waals surface area contributed by atoms with Gasteiger partial charge in [-0.25, -0.2) is 0 Å². The molecule has 142 valence electrons. The number of unbranched alkanes of at least 4 members (excludes halogenated alkanes) is 1. The molecule has 0 saturated heterocycles. The average molecular weight is 372 g/mol. The summed E-state index contributed by atoms with van der Waals surface area (Å²) < 4.78 is 0. The van der Waals surface area contributed by atoms with E-state index in [-0.39, 0.29) is 11.8 Å². The first-order valence-electron chi connectivity index (χ1n) is 9.89. The number of nitrogens with zero attached hydrogens (tertiary/aromatic N) is 1. The van der Waals surface area contributed by atoms with Crippen molar-refractivity contribution >= 4 is 34.0 Å². The maximum atomic E-state index is 12.7. The van der Waals surface area contributed by atoms with Crippen molar-refractivity contribution in [1.82, 2.24) is 0 Å². The zero-order valence-electron chi connectivity index (χ0n) is 16.1. The Hall–Kier alpha value is -3.14. The van der Waals surface area contributed by atoms with E-state index in [2.05, 4.69) is 12.2 Å². The highest BCUT2D eigenvalue weighted by molar-refractivity contribution is 6.06. The van der Waals surface area contributed by atoms with Gasteiger partial charge in [0, 0.05) is 29.9 Å². The van der Waals surface area contributed by atoms with Crippen LogP contribution in [0.25, 0.3) is 10.8 Å². The Labute approximate surface area is 165 Å². The Morgan fingerprint density at radius 3 is 2.64 bits per heavy atom. The van der Waals surface area contributed by atoms with Gasteiger partial charge in [-0.15, -0.1) is 0 Å². The van der Waals surface area contributed by atoms with Gasteiger partial charge in [0.25, 0.3) is 5.91 Å². The minimum atomic E-state index is -0.125. The van der Waals surface area contributed by atoms with Crippen LogP contribution in [0.1, 0.15) is 42.1 Å². The van der Waals surface area contributed by atoms with E-state index in [1.807, 2.05) is 65.6 Å². The van der Waals surface area contributed by atoms with Gasteiger partial charge in [0.05, 0.1) is 0 Å². The molecule has 0 fully saturated rings. The first-order chi connectivity index (χ1) is 13.7. The third-order valence-electron chi connectivity index (χ3n) is 5.28. The fraction of sp³-hybridized carbons (Fsp3) is 0.250. The first kappa shape index (κ1) is 18.2. The van der Waals surface area contributed by atoms with Crippen molar-refractivity contribution in [3.05, 3.63) is 71.8 Å². The van der Waals surface area contributed by atoms with Crippen molar-refractivity contribution in [3.63, 3.8) is 0 Å². The van der Waals surface area contributed by atoms with Gasteiger partial charge in [0.1, 0.15) is 0 Å². The number of hydrogen-bond donors (Lipinski definition) is 1. The molecule has 4 heteroatoms. The number of benzene rings is 3. The summed E-state index contributed by atoms with van der Waals surface area (Å²) in [6.07, 6.45) is 3.29. The predicted molar refractivity (Wildman–Crippen MR) is 114 cm³/mol. The lowest BCUT2D eigenvalue weighted by molar-refractivity contribution is -0.118. The lowest BCUT2D eigenvalue weighted by atomic mass is 10.00. The van der Waals surface area contributed by atoms with Crippen LogP contribution >= 0.6 is 0 Å². The molecule has 0 bridgehead atoms. The van der Waals surface area contributed by atoms with Crippen LogP contribution < -0.4 is 10.2 Å². The van der Waals surface area contributed by atoms with Gasteiger partial charge in [-0.1, -0.05) is 43.7 Å². The molecular weight excluding hydrogens is 348 g/mol. The number of carbonyl (C=O) groups excluding carboxylic acids is 2. The number of fused-ring (bicyclic) bond motifs is 2. The molecule has 1 N–H and O–H groups in total. The van der Waals surface area contributed by atoms with Gasteiger partial charge >= 0.3 is 0 Å². The van der Waals surface area contributed by atoms with Crippen molar-refractivity contribution in [3.8, 4) is 0 Å². The Morgan fingerprint density at radius 2 is 1.82 bits per heavy atom. The normalized spacial score (nSPS) is 13.5. The molecule has 0 atom stereocenters. The van der Waals surface area contributed by atoms with Crippen LogP contribution in [0.3, 0.4) is 0 Å². The monoisotopic (exact) mass is 372 g/mol. The second kappa shape index (κ2) is 7.85. The largest absolute Gasteiger partial charge is 0.322 e. The van der Waals surface area contributed by atoms with Gasteiger partial charge in [0.2, 0.25) is 5.91 Å².